The first-order valence-electron chi connectivity index (χ1n) is 10.9. The van der Waals surface area contributed by atoms with Crippen LogP contribution in [0.4, 0.5) is 0 Å². The van der Waals surface area contributed by atoms with Gasteiger partial charge in [0.25, 0.3) is 0 Å². The van der Waals surface area contributed by atoms with Gasteiger partial charge in [-0.15, -0.1) is 0 Å². The number of carboxylic acids is 2. The average Bonchev–Trinajstić information content (AvgIpc) is 2.78. The summed E-state index contributed by atoms with van der Waals surface area (Å²) in [6, 6.07) is -5.11. The quantitative estimate of drug-likeness (QED) is 0.0365. The second-order valence-corrected chi connectivity index (χ2v) is 8.01. The van der Waals surface area contributed by atoms with Crippen molar-refractivity contribution < 1.29 is 34.2 Å². The molecule has 0 bridgehead atoms. The SMILES string of the molecule is NCCCCC(NC(=O)C(CC(=O)O)NC(=O)C(CS)NC(=O)C(N)CCCN=C(N)N)C(=O)O. The Labute approximate surface area is 208 Å². The van der Waals surface area contributed by atoms with Gasteiger partial charge in [-0.1, -0.05) is 0 Å². The first-order valence-corrected chi connectivity index (χ1v) is 11.5. The number of carbonyl (C=O) groups is 5. The zero-order valence-electron chi connectivity index (χ0n) is 19.3. The Morgan fingerprint density at radius 2 is 1.40 bits per heavy atom. The Morgan fingerprint density at radius 3 is 1.91 bits per heavy atom. The lowest BCUT2D eigenvalue weighted by atomic mass is 10.1. The van der Waals surface area contributed by atoms with Crippen LogP contribution in [-0.2, 0) is 24.0 Å². The van der Waals surface area contributed by atoms with E-state index in [0.29, 0.717) is 25.8 Å². The number of thiol groups is 1. The van der Waals surface area contributed by atoms with E-state index in [2.05, 4.69) is 33.6 Å². The third-order valence-electron chi connectivity index (χ3n) is 4.69. The highest BCUT2D eigenvalue weighted by Crippen LogP contribution is 2.04. The van der Waals surface area contributed by atoms with E-state index in [1.54, 1.807) is 0 Å². The number of carboxylic acid groups (broad SMARTS) is 2. The monoisotopic (exact) mass is 520 g/mol. The Morgan fingerprint density at radius 1 is 0.829 bits per heavy atom. The van der Waals surface area contributed by atoms with Crippen molar-refractivity contribution >= 4 is 48.2 Å². The van der Waals surface area contributed by atoms with Gasteiger partial charge in [-0.2, -0.15) is 12.6 Å². The lowest BCUT2D eigenvalue weighted by molar-refractivity contribution is -0.143. The van der Waals surface area contributed by atoms with Gasteiger partial charge in [0.05, 0.1) is 12.5 Å². The van der Waals surface area contributed by atoms with E-state index in [1.165, 1.54) is 0 Å². The first kappa shape index (κ1) is 31.9. The number of aliphatic imine (C=N–C) groups is 1. The maximum atomic E-state index is 12.6. The smallest absolute Gasteiger partial charge is 0.326 e. The minimum Gasteiger partial charge on any atom is -0.481 e. The molecule has 0 saturated heterocycles. The predicted octanol–water partition coefficient (Wildman–Crippen LogP) is -3.56. The molecule has 0 aliphatic heterocycles. The molecule has 4 atom stereocenters. The zero-order valence-corrected chi connectivity index (χ0v) is 20.2. The third kappa shape index (κ3) is 14.0. The highest BCUT2D eigenvalue weighted by Gasteiger charge is 2.31. The largest absolute Gasteiger partial charge is 0.481 e. The maximum absolute atomic E-state index is 12.6. The number of carbonyl (C=O) groups excluding carboxylic acids is 3. The first-order chi connectivity index (χ1) is 16.4. The summed E-state index contributed by atoms with van der Waals surface area (Å²) in [7, 11) is 0. The summed E-state index contributed by atoms with van der Waals surface area (Å²) < 4.78 is 0. The molecule has 0 spiro atoms. The second kappa shape index (κ2) is 17.3. The van der Waals surface area contributed by atoms with Crippen molar-refractivity contribution in [3.05, 3.63) is 0 Å². The topological polar surface area (TPSA) is 278 Å². The molecule has 0 aromatic heterocycles. The molecule has 0 aromatic rings. The number of unbranched alkanes of at least 4 members (excludes halogenated alkanes) is 1. The van der Waals surface area contributed by atoms with Gasteiger partial charge < -0.3 is 49.1 Å². The van der Waals surface area contributed by atoms with E-state index in [9.17, 15) is 29.1 Å². The van der Waals surface area contributed by atoms with Gasteiger partial charge in [-0.05, 0) is 38.6 Å². The van der Waals surface area contributed by atoms with Crippen LogP contribution in [0.5, 0.6) is 0 Å². The number of aliphatic carboxylic acids is 2. The number of nitrogens with zero attached hydrogens (tertiary/aromatic N) is 1. The van der Waals surface area contributed by atoms with Crippen LogP contribution in [0.3, 0.4) is 0 Å². The summed E-state index contributed by atoms with van der Waals surface area (Å²) in [6.45, 7) is 0.601. The molecule has 200 valence electrons. The minimum atomic E-state index is -1.59. The van der Waals surface area contributed by atoms with E-state index in [-0.39, 0.29) is 31.1 Å². The van der Waals surface area contributed by atoms with Crippen molar-refractivity contribution in [1.29, 1.82) is 0 Å². The van der Waals surface area contributed by atoms with Gasteiger partial charge in [-0.3, -0.25) is 24.2 Å². The molecular weight excluding hydrogens is 484 g/mol. The fourth-order valence-corrected chi connectivity index (χ4v) is 3.06. The molecule has 0 rings (SSSR count). The van der Waals surface area contributed by atoms with E-state index in [1.807, 2.05) is 0 Å². The van der Waals surface area contributed by atoms with Crippen LogP contribution in [0, 0.1) is 0 Å². The van der Waals surface area contributed by atoms with Crippen LogP contribution in [0.15, 0.2) is 4.99 Å². The molecule has 0 aliphatic rings. The van der Waals surface area contributed by atoms with E-state index >= 15 is 0 Å². The van der Waals surface area contributed by atoms with Gasteiger partial charge in [0.15, 0.2) is 5.96 Å². The number of hydrogen-bond acceptors (Lipinski definition) is 9. The Balaban J connectivity index is 5.13. The number of rotatable bonds is 18. The molecule has 15 nitrogen and oxygen atoms in total. The molecule has 0 heterocycles. The number of amides is 3. The minimum absolute atomic E-state index is 0.0718. The molecule has 35 heavy (non-hydrogen) atoms. The van der Waals surface area contributed by atoms with Crippen molar-refractivity contribution in [2.45, 2.75) is 62.7 Å². The van der Waals surface area contributed by atoms with Crippen molar-refractivity contribution in [2.75, 3.05) is 18.8 Å². The Bertz CT molecular complexity index is 763. The molecular formula is C19H36N8O7S. The van der Waals surface area contributed by atoms with Crippen LogP contribution in [0.25, 0.3) is 0 Å². The van der Waals surface area contributed by atoms with Crippen molar-refractivity contribution in [2.24, 2.45) is 27.9 Å². The summed E-state index contributed by atoms with van der Waals surface area (Å²) in [4.78, 5) is 63.9. The van der Waals surface area contributed by atoms with E-state index < -0.39 is 60.2 Å². The molecule has 3 amide bonds. The highest BCUT2D eigenvalue weighted by atomic mass is 32.1. The lowest BCUT2D eigenvalue weighted by Gasteiger charge is -2.24. The molecule has 0 fully saturated rings. The number of nitrogens with two attached hydrogens (primary N) is 4. The summed E-state index contributed by atoms with van der Waals surface area (Å²) in [5.74, 6) is -5.57. The van der Waals surface area contributed by atoms with Crippen LogP contribution in [0.2, 0.25) is 0 Å². The molecule has 4 unspecified atom stereocenters. The zero-order chi connectivity index (χ0) is 27.0. The molecule has 0 saturated carbocycles. The highest BCUT2D eigenvalue weighted by molar-refractivity contribution is 7.80. The predicted molar refractivity (Wildman–Crippen MR) is 130 cm³/mol. The average molecular weight is 521 g/mol. The van der Waals surface area contributed by atoms with Crippen LogP contribution in [-0.4, -0.2) is 88.8 Å². The van der Waals surface area contributed by atoms with E-state index in [4.69, 9.17) is 28.0 Å². The number of nitrogens with one attached hydrogen (secondary N) is 3. The summed E-state index contributed by atoms with van der Waals surface area (Å²) in [5.41, 5.74) is 21.6. The Kier molecular flexibility index (Phi) is 15.8. The van der Waals surface area contributed by atoms with Crippen LogP contribution in [0.1, 0.15) is 38.5 Å². The molecule has 0 aromatic carbocycles. The normalized spacial score (nSPS) is 14.0. The lowest BCUT2D eigenvalue weighted by Crippen LogP contribution is -2.58. The van der Waals surface area contributed by atoms with Crippen LogP contribution < -0.4 is 38.9 Å². The van der Waals surface area contributed by atoms with Crippen molar-refractivity contribution in [3.8, 4) is 0 Å². The van der Waals surface area contributed by atoms with Gasteiger partial charge >= 0.3 is 11.9 Å². The fourth-order valence-electron chi connectivity index (χ4n) is 2.80. The Hall–Kier alpha value is -3.11. The van der Waals surface area contributed by atoms with Gasteiger partial charge in [-0.25, -0.2) is 4.79 Å². The summed E-state index contributed by atoms with van der Waals surface area (Å²) in [6.07, 6.45) is 0.834. The van der Waals surface area contributed by atoms with Gasteiger partial charge in [0, 0.05) is 12.3 Å². The second-order valence-electron chi connectivity index (χ2n) is 7.64. The van der Waals surface area contributed by atoms with Crippen LogP contribution >= 0.6 is 12.6 Å². The third-order valence-corrected chi connectivity index (χ3v) is 5.06. The maximum Gasteiger partial charge on any atom is 0.326 e. The number of hydrogen-bond donors (Lipinski definition) is 10. The van der Waals surface area contributed by atoms with Crippen molar-refractivity contribution in [3.63, 3.8) is 0 Å². The molecule has 0 aliphatic carbocycles. The summed E-state index contributed by atoms with van der Waals surface area (Å²) in [5, 5.41) is 25.3. The fraction of sp³-hybridized carbons (Fsp3) is 0.684. The van der Waals surface area contributed by atoms with E-state index in [0.717, 1.165) is 0 Å². The van der Waals surface area contributed by atoms with Gasteiger partial charge in [0.1, 0.15) is 18.1 Å². The van der Waals surface area contributed by atoms with Gasteiger partial charge in [0.2, 0.25) is 17.7 Å². The standard InChI is InChI=1S/C19H36N8O7S/c20-6-2-1-5-11(18(33)34)25-16(31)12(8-14(28)29)26-17(32)13(9-35)27-15(30)10(21)4-3-7-24-19(22)23/h10-13,35H,1-9,20-21H2,(H,25,31)(H,26,32)(H,27,30)(H,28,29)(H,33,34)(H4,22,23,24). The summed E-state index contributed by atoms with van der Waals surface area (Å²) >= 11 is 4.01. The molecule has 13 N–H and O–H groups in total. The molecule has 0 radical (unpaired) electrons. The number of guanidine groups is 1. The molecule has 16 heteroatoms. The van der Waals surface area contributed by atoms with Crippen molar-refractivity contribution in [1.82, 2.24) is 16.0 Å².